The lowest BCUT2D eigenvalue weighted by molar-refractivity contribution is -0.143. The maximum atomic E-state index is 13.9. The first kappa shape index (κ1) is 28.9. The number of likely N-dealkylation sites (tertiary alicyclic amines) is 1. The molecule has 0 radical (unpaired) electrons. The smallest absolute Gasteiger partial charge is 0.409 e. The number of benzene rings is 2. The summed E-state index contributed by atoms with van der Waals surface area (Å²) in [6, 6.07) is 4.53. The second kappa shape index (κ2) is 11.4. The minimum Gasteiger partial charge on any atom is -0.409 e. The SMILES string of the molecule is CN(C(=O)Oc1c(/C(C=NCCN2CC(O)C2)=C/N)cc(C(F)(F)F)cc1C(F)(F)F)c1ccc(F)cc1. The zero-order valence-corrected chi connectivity index (χ0v) is 19.9. The Labute approximate surface area is 212 Å². The van der Waals surface area contributed by atoms with Gasteiger partial charge in [-0.1, -0.05) is 0 Å². The van der Waals surface area contributed by atoms with E-state index in [9.17, 15) is 40.6 Å². The first-order chi connectivity index (χ1) is 17.7. The van der Waals surface area contributed by atoms with Gasteiger partial charge in [0.05, 0.1) is 23.8 Å². The van der Waals surface area contributed by atoms with E-state index in [0.29, 0.717) is 25.7 Å². The Bertz CT molecular complexity index is 1210. The molecule has 1 saturated heterocycles. The van der Waals surface area contributed by atoms with Crippen LogP contribution in [0.25, 0.3) is 5.57 Å². The number of ether oxygens (including phenoxy) is 1. The van der Waals surface area contributed by atoms with Crippen LogP contribution < -0.4 is 15.4 Å². The van der Waals surface area contributed by atoms with Crippen molar-refractivity contribution >= 4 is 23.6 Å². The van der Waals surface area contributed by atoms with Crippen molar-refractivity contribution in [3.05, 3.63) is 65.1 Å². The second-order valence-corrected chi connectivity index (χ2v) is 8.37. The Morgan fingerprint density at radius 2 is 1.79 bits per heavy atom. The molecule has 3 N–H and O–H groups in total. The quantitative estimate of drug-likeness (QED) is 0.392. The molecule has 1 fully saturated rings. The molecule has 0 saturated carbocycles. The fourth-order valence-electron chi connectivity index (χ4n) is 3.54. The third kappa shape index (κ3) is 7.01. The molecule has 0 aromatic heterocycles. The van der Waals surface area contributed by atoms with Gasteiger partial charge in [-0.15, -0.1) is 0 Å². The molecule has 1 aliphatic heterocycles. The lowest BCUT2D eigenvalue weighted by Crippen LogP contribution is -2.51. The van der Waals surface area contributed by atoms with Crippen molar-refractivity contribution in [3.63, 3.8) is 0 Å². The number of carbonyl (C=O) groups is 1. The molecule has 0 bridgehead atoms. The van der Waals surface area contributed by atoms with Crippen LogP contribution in [0.5, 0.6) is 5.75 Å². The van der Waals surface area contributed by atoms with Crippen molar-refractivity contribution in [2.24, 2.45) is 10.7 Å². The van der Waals surface area contributed by atoms with Gasteiger partial charge in [0, 0.05) is 55.9 Å². The van der Waals surface area contributed by atoms with Crippen molar-refractivity contribution in [2.45, 2.75) is 18.5 Å². The number of anilines is 1. The maximum absolute atomic E-state index is 13.9. The summed E-state index contributed by atoms with van der Waals surface area (Å²) in [4.78, 5) is 19.3. The normalized spacial score (nSPS) is 15.6. The average Bonchev–Trinajstić information content (AvgIpc) is 2.81. The predicted octanol–water partition coefficient (Wildman–Crippen LogP) is 4.55. The summed E-state index contributed by atoms with van der Waals surface area (Å²) in [5, 5.41) is 9.31. The van der Waals surface area contributed by atoms with E-state index in [0.717, 1.165) is 48.6 Å². The standard InChI is InChI=1S/C24H23F7N4O3/c1-34(17-4-2-16(25)3-5-17)22(37)38-21-19(8-15(23(26,27)28)9-20(21)24(29,30)31)14(10-32)11-33-6-7-35-12-18(36)13-35/h2-5,8-11,18,36H,6-7,12-13,32H2,1H3/b14-10+,33-11?. The lowest BCUT2D eigenvalue weighted by atomic mass is 9.98. The number of nitrogens with zero attached hydrogens (tertiary/aromatic N) is 3. The Balaban J connectivity index is 2.02. The molecule has 1 heterocycles. The average molecular weight is 548 g/mol. The van der Waals surface area contributed by atoms with Gasteiger partial charge < -0.3 is 15.6 Å². The third-order valence-electron chi connectivity index (χ3n) is 5.60. The van der Waals surface area contributed by atoms with Crippen LogP contribution in [0.2, 0.25) is 0 Å². The van der Waals surface area contributed by atoms with Crippen LogP contribution in [0.1, 0.15) is 16.7 Å². The number of alkyl halides is 6. The third-order valence-corrected chi connectivity index (χ3v) is 5.60. The summed E-state index contributed by atoms with van der Waals surface area (Å²) in [5.74, 6) is -1.85. The minimum absolute atomic E-state index is 0.0469. The zero-order valence-electron chi connectivity index (χ0n) is 19.9. The number of amides is 1. The number of halogens is 7. The van der Waals surface area contributed by atoms with E-state index in [1.807, 2.05) is 4.90 Å². The fraction of sp³-hybridized carbons (Fsp3) is 0.333. The van der Waals surface area contributed by atoms with Gasteiger partial charge in [-0.3, -0.25) is 14.8 Å². The van der Waals surface area contributed by atoms with Gasteiger partial charge in [0.25, 0.3) is 0 Å². The van der Waals surface area contributed by atoms with Crippen LogP contribution in [0.15, 0.2) is 47.6 Å². The van der Waals surface area contributed by atoms with E-state index in [2.05, 4.69) is 4.99 Å². The molecule has 0 spiro atoms. The molecule has 0 unspecified atom stereocenters. The molecule has 1 aliphatic rings. The lowest BCUT2D eigenvalue weighted by Gasteiger charge is -2.35. The number of aliphatic hydroxyl groups is 1. The van der Waals surface area contributed by atoms with Crippen LogP contribution >= 0.6 is 0 Å². The van der Waals surface area contributed by atoms with Gasteiger partial charge in [0.15, 0.2) is 5.75 Å². The Morgan fingerprint density at radius 1 is 1.16 bits per heavy atom. The Hall–Kier alpha value is -3.65. The molecule has 3 rings (SSSR count). The number of allylic oxidation sites excluding steroid dienone is 1. The number of rotatable bonds is 7. The van der Waals surface area contributed by atoms with Gasteiger partial charge >= 0.3 is 18.4 Å². The first-order valence-corrected chi connectivity index (χ1v) is 11.1. The van der Waals surface area contributed by atoms with Crippen molar-refractivity contribution in [1.29, 1.82) is 0 Å². The summed E-state index contributed by atoms with van der Waals surface area (Å²) in [5.41, 5.74) is 0.957. The van der Waals surface area contributed by atoms with Gasteiger partial charge in [0.1, 0.15) is 5.82 Å². The molecule has 2 aromatic rings. The Kier molecular flexibility index (Phi) is 8.67. The van der Waals surface area contributed by atoms with Crippen molar-refractivity contribution in [1.82, 2.24) is 4.90 Å². The summed E-state index contributed by atoms with van der Waals surface area (Å²) < 4.78 is 101. The van der Waals surface area contributed by atoms with E-state index < -0.39 is 52.8 Å². The number of aliphatic imine (C=N–C) groups is 1. The van der Waals surface area contributed by atoms with Crippen molar-refractivity contribution in [3.8, 4) is 5.75 Å². The summed E-state index contributed by atoms with van der Waals surface area (Å²) in [6.07, 6.45) is -10.6. The monoisotopic (exact) mass is 548 g/mol. The maximum Gasteiger partial charge on any atom is 0.420 e. The zero-order chi connectivity index (χ0) is 28.3. The highest BCUT2D eigenvalue weighted by Crippen LogP contribution is 2.44. The molecule has 14 heteroatoms. The van der Waals surface area contributed by atoms with E-state index in [-0.39, 0.29) is 23.9 Å². The molecule has 0 atom stereocenters. The molecule has 1 amide bonds. The Morgan fingerprint density at radius 3 is 2.32 bits per heavy atom. The summed E-state index contributed by atoms with van der Waals surface area (Å²) in [7, 11) is 1.13. The molecule has 38 heavy (non-hydrogen) atoms. The molecule has 2 aromatic carbocycles. The number of hydrogen-bond acceptors (Lipinski definition) is 6. The molecule has 7 nitrogen and oxygen atoms in total. The van der Waals surface area contributed by atoms with Crippen LogP contribution in [-0.4, -0.2) is 61.6 Å². The number of hydrogen-bond donors (Lipinski definition) is 2. The van der Waals surface area contributed by atoms with Gasteiger partial charge in [-0.05, 0) is 36.4 Å². The van der Waals surface area contributed by atoms with Crippen LogP contribution in [-0.2, 0) is 12.4 Å². The molecular weight excluding hydrogens is 525 g/mol. The number of aliphatic hydroxyl groups excluding tert-OH is 1. The first-order valence-electron chi connectivity index (χ1n) is 11.1. The highest BCUT2D eigenvalue weighted by atomic mass is 19.4. The van der Waals surface area contributed by atoms with E-state index >= 15 is 0 Å². The predicted molar refractivity (Wildman–Crippen MR) is 125 cm³/mol. The van der Waals surface area contributed by atoms with E-state index in [1.165, 1.54) is 0 Å². The summed E-state index contributed by atoms with van der Waals surface area (Å²) in [6.45, 7) is 1.32. The number of carbonyl (C=O) groups excluding carboxylic acids is 1. The minimum atomic E-state index is -5.35. The molecule has 206 valence electrons. The van der Waals surface area contributed by atoms with Crippen molar-refractivity contribution < 1.29 is 45.4 Å². The molecule has 0 aliphatic carbocycles. The van der Waals surface area contributed by atoms with Gasteiger partial charge in [-0.2, -0.15) is 26.3 Å². The second-order valence-electron chi connectivity index (χ2n) is 8.37. The van der Waals surface area contributed by atoms with Crippen LogP contribution in [0.4, 0.5) is 41.2 Å². The fourth-order valence-corrected chi connectivity index (χ4v) is 3.54. The van der Waals surface area contributed by atoms with Gasteiger partial charge in [-0.25, -0.2) is 9.18 Å². The van der Waals surface area contributed by atoms with Crippen LogP contribution in [0.3, 0.4) is 0 Å². The largest absolute Gasteiger partial charge is 0.420 e. The van der Waals surface area contributed by atoms with E-state index in [1.54, 1.807) is 0 Å². The van der Waals surface area contributed by atoms with Crippen LogP contribution in [0, 0.1) is 5.82 Å². The number of nitrogens with two attached hydrogens (primary N) is 1. The molecular formula is C24H23F7N4O3. The highest BCUT2D eigenvalue weighted by Gasteiger charge is 2.41. The highest BCUT2D eigenvalue weighted by molar-refractivity contribution is 6.11. The van der Waals surface area contributed by atoms with Crippen molar-refractivity contribution in [2.75, 3.05) is 38.1 Å². The van der Waals surface area contributed by atoms with E-state index in [4.69, 9.17) is 10.5 Å². The summed E-state index contributed by atoms with van der Waals surface area (Å²) >= 11 is 0. The topological polar surface area (TPSA) is 91.4 Å². The van der Waals surface area contributed by atoms with Gasteiger partial charge in [0.2, 0.25) is 0 Å². The number of β-amino-alcohol motifs (C(OH)–C–C–N with tert-alkyl or cyclic N) is 1.